The summed E-state index contributed by atoms with van der Waals surface area (Å²) in [6, 6.07) is 17.1. The first-order valence-electron chi connectivity index (χ1n) is 10.2. The molecule has 5 heteroatoms. The van der Waals surface area contributed by atoms with Gasteiger partial charge in [0.15, 0.2) is 0 Å². The number of nitrogens with zero attached hydrogens (tertiary/aromatic N) is 2. The lowest BCUT2D eigenvalue weighted by Crippen LogP contribution is -2.35. The number of likely N-dealkylation sites (N-methyl/N-ethyl adjacent to an activating group) is 1. The van der Waals surface area contributed by atoms with Gasteiger partial charge in [-0.05, 0) is 36.6 Å². The summed E-state index contributed by atoms with van der Waals surface area (Å²) < 4.78 is 0. The second kappa shape index (κ2) is 9.75. The molecule has 0 saturated carbocycles. The third-order valence-electron chi connectivity index (χ3n) is 5.18. The molecule has 0 N–H and O–H groups in total. The molecule has 1 aliphatic heterocycles. The second-order valence-electron chi connectivity index (χ2n) is 7.20. The number of carbonyl (C=O) groups excluding carboxylic acids is 2. The highest BCUT2D eigenvalue weighted by Gasteiger charge is 2.40. The number of halogens is 1. The van der Waals surface area contributed by atoms with Gasteiger partial charge >= 0.3 is 0 Å². The highest BCUT2D eigenvalue weighted by molar-refractivity contribution is 6.36. The van der Waals surface area contributed by atoms with Crippen LogP contribution in [0.4, 0.5) is 0 Å². The number of hydrogen-bond donors (Lipinski definition) is 0. The number of hydrogen-bond acceptors (Lipinski definition) is 3. The molecule has 0 unspecified atom stereocenters. The molecule has 0 atom stereocenters. The Morgan fingerprint density at radius 3 is 2.21 bits per heavy atom. The van der Waals surface area contributed by atoms with Gasteiger partial charge in [0.1, 0.15) is 5.70 Å². The van der Waals surface area contributed by atoms with E-state index in [0.717, 1.165) is 30.4 Å². The van der Waals surface area contributed by atoms with Crippen LogP contribution in [-0.4, -0.2) is 34.7 Å². The zero-order valence-corrected chi connectivity index (χ0v) is 17.8. The van der Waals surface area contributed by atoms with Crippen LogP contribution in [0.2, 0.25) is 5.02 Å². The minimum Gasteiger partial charge on any atom is -0.362 e. The number of amides is 2. The van der Waals surface area contributed by atoms with Crippen LogP contribution in [0.3, 0.4) is 0 Å². The molecule has 29 heavy (non-hydrogen) atoms. The Hall–Kier alpha value is -2.59. The number of carbonyl (C=O) groups is 2. The summed E-state index contributed by atoms with van der Waals surface area (Å²) >= 11 is 6.04. The molecule has 0 fully saturated rings. The molecule has 0 aromatic heterocycles. The summed E-state index contributed by atoms with van der Waals surface area (Å²) in [7, 11) is 0. The van der Waals surface area contributed by atoms with Gasteiger partial charge < -0.3 is 4.90 Å². The fourth-order valence-corrected chi connectivity index (χ4v) is 3.74. The van der Waals surface area contributed by atoms with E-state index in [-0.39, 0.29) is 11.8 Å². The van der Waals surface area contributed by atoms with E-state index in [1.807, 2.05) is 54.3 Å². The monoisotopic (exact) mass is 410 g/mol. The Kier molecular flexibility index (Phi) is 7.10. The van der Waals surface area contributed by atoms with Crippen LogP contribution >= 0.6 is 11.6 Å². The average molecular weight is 411 g/mol. The van der Waals surface area contributed by atoms with E-state index in [1.54, 1.807) is 12.1 Å². The molecule has 3 rings (SSSR count). The molecule has 0 aliphatic carbocycles. The molecule has 2 amide bonds. The summed E-state index contributed by atoms with van der Waals surface area (Å²) in [5.74, 6) is -0.413. The fraction of sp³-hybridized carbons (Fsp3) is 0.333. The van der Waals surface area contributed by atoms with Crippen molar-refractivity contribution in [1.82, 2.24) is 9.80 Å². The standard InChI is InChI=1S/C24H27ClN2O2/c1-3-5-9-16-27-23(28)21(19-12-14-20(25)15-13-19)22(24(27)29)26(4-2)17-18-10-7-6-8-11-18/h6-8,10-15H,3-5,9,16-17H2,1-2H3. The van der Waals surface area contributed by atoms with Crippen LogP contribution in [0.1, 0.15) is 44.2 Å². The number of rotatable bonds is 9. The Labute approximate surface area is 177 Å². The van der Waals surface area contributed by atoms with Crippen LogP contribution < -0.4 is 0 Å². The molecule has 0 bridgehead atoms. The molecule has 2 aromatic rings. The van der Waals surface area contributed by atoms with Gasteiger partial charge in [-0.15, -0.1) is 0 Å². The van der Waals surface area contributed by atoms with Crippen molar-refractivity contribution < 1.29 is 9.59 Å². The average Bonchev–Trinajstić information content (AvgIpc) is 2.98. The molecule has 2 aromatic carbocycles. The SMILES string of the molecule is CCCCCN1C(=O)C(c2ccc(Cl)cc2)=C(N(CC)Cc2ccccc2)C1=O. The highest BCUT2D eigenvalue weighted by Crippen LogP contribution is 2.33. The predicted octanol–water partition coefficient (Wildman–Crippen LogP) is 5.13. The molecule has 0 radical (unpaired) electrons. The summed E-state index contributed by atoms with van der Waals surface area (Å²) in [6.07, 6.45) is 2.85. The van der Waals surface area contributed by atoms with E-state index < -0.39 is 0 Å². The van der Waals surface area contributed by atoms with Crippen molar-refractivity contribution in [3.05, 3.63) is 76.4 Å². The first kappa shape index (κ1) is 21.1. The third-order valence-corrected chi connectivity index (χ3v) is 5.43. The first-order chi connectivity index (χ1) is 14.1. The van der Waals surface area contributed by atoms with Crippen molar-refractivity contribution in [3.63, 3.8) is 0 Å². The van der Waals surface area contributed by atoms with Crippen molar-refractivity contribution >= 4 is 29.0 Å². The smallest absolute Gasteiger partial charge is 0.277 e. The van der Waals surface area contributed by atoms with Gasteiger partial charge in [0.05, 0.1) is 5.57 Å². The van der Waals surface area contributed by atoms with Crippen molar-refractivity contribution in [2.45, 2.75) is 39.7 Å². The van der Waals surface area contributed by atoms with Gasteiger partial charge in [0.25, 0.3) is 11.8 Å². The molecule has 1 aliphatic rings. The quantitative estimate of drug-likeness (QED) is 0.425. The normalized spacial score (nSPS) is 14.1. The Morgan fingerprint density at radius 2 is 1.59 bits per heavy atom. The summed E-state index contributed by atoms with van der Waals surface area (Å²) in [4.78, 5) is 30.0. The van der Waals surface area contributed by atoms with E-state index in [1.165, 1.54) is 4.90 Å². The van der Waals surface area contributed by atoms with Crippen LogP contribution in [0, 0.1) is 0 Å². The van der Waals surface area contributed by atoms with Gasteiger partial charge in [-0.1, -0.05) is 73.8 Å². The van der Waals surface area contributed by atoms with Crippen molar-refractivity contribution in [2.24, 2.45) is 0 Å². The predicted molar refractivity (Wildman–Crippen MR) is 117 cm³/mol. The maximum Gasteiger partial charge on any atom is 0.277 e. The molecule has 152 valence electrons. The van der Waals surface area contributed by atoms with Gasteiger partial charge in [0.2, 0.25) is 0 Å². The minimum absolute atomic E-state index is 0.200. The second-order valence-corrected chi connectivity index (χ2v) is 7.64. The first-order valence-corrected chi connectivity index (χ1v) is 10.6. The molecule has 0 saturated heterocycles. The zero-order chi connectivity index (χ0) is 20.8. The van der Waals surface area contributed by atoms with E-state index in [0.29, 0.717) is 35.9 Å². The van der Waals surface area contributed by atoms with E-state index >= 15 is 0 Å². The zero-order valence-electron chi connectivity index (χ0n) is 17.0. The van der Waals surface area contributed by atoms with Crippen molar-refractivity contribution in [1.29, 1.82) is 0 Å². The lowest BCUT2D eigenvalue weighted by molar-refractivity contribution is -0.137. The van der Waals surface area contributed by atoms with E-state index in [4.69, 9.17) is 11.6 Å². The Morgan fingerprint density at radius 1 is 0.897 bits per heavy atom. The maximum absolute atomic E-state index is 13.3. The van der Waals surface area contributed by atoms with Gasteiger partial charge in [-0.2, -0.15) is 0 Å². The maximum atomic E-state index is 13.3. The van der Waals surface area contributed by atoms with E-state index in [2.05, 4.69) is 6.92 Å². The number of imide groups is 1. The minimum atomic E-state index is -0.213. The van der Waals surface area contributed by atoms with Gasteiger partial charge in [-0.25, -0.2) is 0 Å². The van der Waals surface area contributed by atoms with Crippen LogP contribution in [0.5, 0.6) is 0 Å². The summed E-state index contributed by atoms with van der Waals surface area (Å²) in [5, 5.41) is 0.601. The Balaban J connectivity index is 2.01. The number of benzene rings is 2. The largest absolute Gasteiger partial charge is 0.362 e. The summed E-state index contributed by atoms with van der Waals surface area (Å²) in [5.41, 5.74) is 2.79. The van der Waals surface area contributed by atoms with Crippen molar-refractivity contribution in [2.75, 3.05) is 13.1 Å². The Bertz CT molecular complexity index is 891. The highest BCUT2D eigenvalue weighted by atomic mass is 35.5. The van der Waals surface area contributed by atoms with Crippen LogP contribution in [0.25, 0.3) is 5.57 Å². The van der Waals surface area contributed by atoms with Gasteiger partial charge in [0, 0.05) is 24.7 Å². The topological polar surface area (TPSA) is 40.6 Å². The fourth-order valence-electron chi connectivity index (χ4n) is 3.61. The molecular formula is C24H27ClN2O2. The third kappa shape index (κ3) is 4.70. The molecular weight excluding hydrogens is 384 g/mol. The number of unbranched alkanes of at least 4 members (excludes halogenated alkanes) is 2. The summed E-state index contributed by atoms with van der Waals surface area (Å²) in [6.45, 7) is 5.77. The van der Waals surface area contributed by atoms with Crippen LogP contribution in [-0.2, 0) is 16.1 Å². The lowest BCUT2D eigenvalue weighted by atomic mass is 10.0. The molecule has 1 heterocycles. The van der Waals surface area contributed by atoms with Crippen molar-refractivity contribution in [3.8, 4) is 0 Å². The molecule has 4 nitrogen and oxygen atoms in total. The van der Waals surface area contributed by atoms with Crippen LogP contribution in [0.15, 0.2) is 60.3 Å². The van der Waals surface area contributed by atoms with E-state index in [9.17, 15) is 9.59 Å². The van der Waals surface area contributed by atoms with Gasteiger partial charge in [-0.3, -0.25) is 14.5 Å². The molecule has 0 spiro atoms. The lowest BCUT2D eigenvalue weighted by Gasteiger charge is -2.25.